The highest BCUT2D eigenvalue weighted by Gasteiger charge is 2.16. The van der Waals surface area contributed by atoms with E-state index in [0.717, 1.165) is 27.9 Å². The number of rotatable bonds is 5. The number of carbonyl (C=O) groups excluding carboxylic acids is 2. The molecule has 0 bridgehead atoms. The van der Waals surface area contributed by atoms with E-state index in [2.05, 4.69) is 10.5 Å². The van der Waals surface area contributed by atoms with E-state index >= 15 is 0 Å². The summed E-state index contributed by atoms with van der Waals surface area (Å²) >= 11 is 0. The molecule has 6 heteroatoms. The summed E-state index contributed by atoms with van der Waals surface area (Å²) in [7, 11) is 0. The molecule has 1 amide bonds. The van der Waals surface area contributed by atoms with Crippen molar-refractivity contribution in [3.63, 3.8) is 0 Å². The van der Waals surface area contributed by atoms with Crippen LogP contribution >= 0.6 is 0 Å². The van der Waals surface area contributed by atoms with Crippen LogP contribution in [-0.4, -0.2) is 23.6 Å². The second-order valence-corrected chi connectivity index (χ2v) is 7.51. The first-order chi connectivity index (χ1) is 14.9. The maximum Gasteiger partial charge on any atom is 0.338 e. The molecule has 0 aliphatic carbocycles. The second-order valence-electron chi connectivity index (χ2n) is 7.51. The van der Waals surface area contributed by atoms with Gasteiger partial charge in [-0.2, -0.15) is 0 Å². The maximum absolute atomic E-state index is 12.5. The molecule has 0 saturated heterocycles. The van der Waals surface area contributed by atoms with Crippen molar-refractivity contribution in [2.45, 2.75) is 20.8 Å². The van der Waals surface area contributed by atoms with E-state index in [1.807, 2.05) is 63.2 Å². The second kappa shape index (κ2) is 8.44. The number of nitrogens with one attached hydrogen (secondary N) is 1. The van der Waals surface area contributed by atoms with Crippen LogP contribution in [0.4, 0.5) is 5.69 Å². The van der Waals surface area contributed by atoms with E-state index in [9.17, 15) is 9.59 Å². The molecule has 6 nitrogen and oxygen atoms in total. The lowest BCUT2D eigenvalue weighted by Crippen LogP contribution is -2.22. The highest BCUT2D eigenvalue weighted by Crippen LogP contribution is 2.29. The number of hydrogen-bond donors (Lipinski definition) is 1. The SMILES string of the molecule is Cc1cc(C)c(NC(=O)COC(=O)c2ccc3noc(-c4ccccc4)c3c2)c(C)c1. The van der Waals surface area contributed by atoms with E-state index in [0.29, 0.717) is 22.2 Å². The fourth-order valence-corrected chi connectivity index (χ4v) is 3.63. The highest BCUT2D eigenvalue weighted by molar-refractivity contribution is 6.00. The van der Waals surface area contributed by atoms with Crippen LogP contribution in [0.25, 0.3) is 22.2 Å². The molecule has 4 aromatic rings. The van der Waals surface area contributed by atoms with Crippen LogP contribution in [-0.2, 0) is 9.53 Å². The number of anilines is 1. The molecule has 0 aliphatic heterocycles. The molecule has 156 valence electrons. The molecular formula is C25H22N2O4. The smallest absolute Gasteiger partial charge is 0.338 e. The van der Waals surface area contributed by atoms with Crippen LogP contribution < -0.4 is 5.32 Å². The van der Waals surface area contributed by atoms with Crippen molar-refractivity contribution in [1.82, 2.24) is 5.16 Å². The summed E-state index contributed by atoms with van der Waals surface area (Å²) in [5, 5.41) is 7.58. The Morgan fingerprint density at radius 1 is 0.968 bits per heavy atom. The molecule has 0 fully saturated rings. The van der Waals surface area contributed by atoms with E-state index in [4.69, 9.17) is 9.26 Å². The van der Waals surface area contributed by atoms with Crippen molar-refractivity contribution in [3.8, 4) is 11.3 Å². The zero-order valence-electron chi connectivity index (χ0n) is 17.6. The fraction of sp³-hybridized carbons (Fsp3) is 0.160. The van der Waals surface area contributed by atoms with Gasteiger partial charge in [-0.3, -0.25) is 4.79 Å². The first-order valence-corrected chi connectivity index (χ1v) is 9.92. The minimum Gasteiger partial charge on any atom is -0.452 e. The third kappa shape index (κ3) is 4.33. The van der Waals surface area contributed by atoms with Crippen molar-refractivity contribution in [3.05, 3.63) is 82.9 Å². The van der Waals surface area contributed by atoms with Crippen LogP contribution in [0.5, 0.6) is 0 Å². The monoisotopic (exact) mass is 414 g/mol. The van der Waals surface area contributed by atoms with Gasteiger partial charge in [0.2, 0.25) is 0 Å². The van der Waals surface area contributed by atoms with Gasteiger partial charge in [0, 0.05) is 11.3 Å². The number of aryl methyl sites for hydroxylation is 3. The normalized spacial score (nSPS) is 10.8. The summed E-state index contributed by atoms with van der Waals surface area (Å²) < 4.78 is 10.7. The molecule has 0 spiro atoms. The Morgan fingerprint density at radius 2 is 1.68 bits per heavy atom. The lowest BCUT2D eigenvalue weighted by atomic mass is 10.1. The maximum atomic E-state index is 12.5. The van der Waals surface area contributed by atoms with Gasteiger partial charge in [-0.1, -0.05) is 53.2 Å². The Kier molecular flexibility index (Phi) is 5.54. The molecule has 0 aliphatic rings. The first kappa shape index (κ1) is 20.3. The number of carbonyl (C=O) groups is 2. The van der Waals surface area contributed by atoms with E-state index in [-0.39, 0.29) is 12.5 Å². The summed E-state index contributed by atoms with van der Waals surface area (Å²) in [5.41, 5.74) is 5.61. The number of esters is 1. The van der Waals surface area contributed by atoms with Crippen LogP contribution in [0, 0.1) is 20.8 Å². The van der Waals surface area contributed by atoms with Crippen molar-refractivity contribution < 1.29 is 18.8 Å². The van der Waals surface area contributed by atoms with Crippen molar-refractivity contribution in [1.29, 1.82) is 0 Å². The molecule has 0 unspecified atom stereocenters. The standard InChI is InChI=1S/C25H22N2O4/c1-15-11-16(2)23(17(3)12-15)26-22(28)14-30-25(29)19-9-10-21-20(13-19)24(31-27-21)18-7-5-4-6-8-18/h4-13H,14H2,1-3H3,(H,26,28). The van der Waals surface area contributed by atoms with Gasteiger partial charge in [0.1, 0.15) is 5.52 Å². The Balaban J connectivity index is 1.47. The molecule has 31 heavy (non-hydrogen) atoms. The van der Waals surface area contributed by atoms with Crippen LogP contribution in [0.2, 0.25) is 0 Å². The summed E-state index contributed by atoms with van der Waals surface area (Å²) in [6.07, 6.45) is 0. The first-order valence-electron chi connectivity index (χ1n) is 9.92. The van der Waals surface area contributed by atoms with Gasteiger partial charge in [-0.05, 0) is 50.1 Å². The van der Waals surface area contributed by atoms with E-state index in [1.165, 1.54) is 0 Å². The third-order valence-corrected chi connectivity index (χ3v) is 5.02. The largest absolute Gasteiger partial charge is 0.452 e. The summed E-state index contributed by atoms with van der Waals surface area (Å²) in [6, 6.07) is 18.5. The predicted octanol–water partition coefficient (Wildman–Crippen LogP) is 5.22. The van der Waals surface area contributed by atoms with Crippen LogP contribution in [0.15, 0.2) is 65.2 Å². The number of fused-ring (bicyclic) bond motifs is 1. The predicted molar refractivity (Wildman–Crippen MR) is 119 cm³/mol. The zero-order valence-corrected chi connectivity index (χ0v) is 17.6. The molecule has 0 radical (unpaired) electrons. The molecule has 3 aromatic carbocycles. The van der Waals surface area contributed by atoms with Gasteiger partial charge >= 0.3 is 5.97 Å². The molecule has 1 aromatic heterocycles. The average Bonchev–Trinajstić information content (AvgIpc) is 3.18. The summed E-state index contributed by atoms with van der Waals surface area (Å²) in [5.74, 6) is -0.401. The Morgan fingerprint density at radius 3 is 2.39 bits per heavy atom. The van der Waals surface area contributed by atoms with E-state index in [1.54, 1.807) is 18.2 Å². The Labute approximate surface area is 179 Å². The number of nitrogens with zero attached hydrogens (tertiary/aromatic N) is 1. The van der Waals surface area contributed by atoms with Crippen molar-refractivity contribution >= 4 is 28.5 Å². The lowest BCUT2D eigenvalue weighted by Gasteiger charge is -2.13. The molecular weight excluding hydrogens is 392 g/mol. The van der Waals surface area contributed by atoms with Crippen LogP contribution in [0.1, 0.15) is 27.0 Å². The van der Waals surface area contributed by atoms with Gasteiger partial charge in [0.15, 0.2) is 12.4 Å². The zero-order chi connectivity index (χ0) is 22.0. The lowest BCUT2D eigenvalue weighted by molar-refractivity contribution is -0.119. The number of benzene rings is 3. The highest BCUT2D eigenvalue weighted by atomic mass is 16.5. The molecule has 0 atom stereocenters. The number of ether oxygens (including phenoxy) is 1. The number of amides is 1. The van der Waals surface area contributed by atoms with Gasteiger partial charge < -0.3 is 14.6 Å². The fourth-order valence-electron chi connectivity index (χ4n) is 3.63. The minimum absolute atomic E-state index is 0.323. The molecule has 4 rings (SSSR count). The Hall–Kier alpha value is -3.93. The number of hydrogen-bond acceptors (Lipinski definition) is 5. The molecule has 0 saturated carbocycles. The van der Waals surface area contributed by atoms with Gasteiger partial charge in [-0.25, -0.2) is 4.79 Å². The Bertz CT molecular complexity index is 1250. The number of aromatic nitrogens is 1. The summed E-state index contributed by atoms with van der Waals surface area (Å²) in [6.45, 7) is 5.49. The van der Waals surface area contributed by atoms with E-state index < -0.39 is 5.97 Å². The van der Waals surface area contributed by atoms with Gasteiger partial charge in [0.05, 0.1) is 10.9 Å². The molecule has 1 heterocycles. The van der Waals surface area contributed by atoms with Gasteiger partial charge in [0.25, 0.3) is 5.91 Å². The quantitative estimate of drug-likeness (QED) is 0.453. The minimum atomic E-state index is -0.588. The summed E-state index contributed by atoms with van der Waals surface area (Å²) in [4.78, 5) is 24.9. The topological polar surface area (TPSA) is 81.4 Å². The van der Waals surface area contributed by atoms with Gasteiger partial charge in [-0.15, -0.1) is 0 Å². The van der Waals surface area contributed by atoms with Crippen molar-refractivity contribution in [2.75, 3.05) is 11.9 Å². The van der Waals surface area contributed by atoms with Crippen molar-refractivity contribution in [2.24, 2.45) is 0 Å². The van der Waals surface area contributed by atoms with Crippen LogP contribution in [0.3, 0.4) is 0 Å². The average molecular weight is 414 g/mol. The third-order valence-electron chi connectivity index (χ3n) is 5.02. The molecule has 1 N–H and O–H groups in total.